The van der Waals surface area contributed by atoms with Crippen molar-refractivity contribution in [2.45, 2.75) is 65.4 Å². The van der Waals surface area contributed by atoms with Crippen LogP contribution in [0.15, 0.2) is 60.7 Å². The number of hydrogen-bond acceptors (Lipinski definition) is 3. The van der Waals surface area contributed by atoms with E-state index >= 15 is 0 Å². The van der Waals surface area contributed by atoms with Crippen LogP contribution in [-0.2, 0) is 13.6 Å². The summed E-state index contributed by atoms with van der Waals surface area (Å²) >= 11 is 0. The predicted molar refractivity (Wildman–Crippen MR) is 118 cm³/mol. The lowest BCUT2D eigenvalue weighted by molar-refractivity contribution is -0.123. The second-order valence-corrected chi connectivity index (χ2v) is 10.2. The second-order valence-electron chi connectivity index (χ2n) is 7.34. The van der Waals surface area contributed by atoms with Crippen molar-refractivity contribution < 1.29 is 13.6 Å². The Kier molecular flexibility index (Phi) is 9.62. The van der Waals surface area contributed by atoms with Gasteiger partial charge in [0, 0.05) is 6.61 Å². The van der Waals surface area contributed by atoms with E-state index in [2.05, 4.69) is 31.2 Å². The van der Waals surface area contributed by atoms with Crippen molar-refractivity contribution in [1.82, 2.24) is 0 Å². The lowest BCUT2D eigenvalue weighted by Gasteiger charge is -2.33. The van der Waals surface area contributed by atoms with E-state index in [1.165, 1.54) is 25.7 Å². The molecule has 28 heavy (non-hydrogen) atoms. The molecule has 0 heterocycles. The van der Waals surface area contributed by atoms with Crippen molar-refractivity contribution in [3.63, 3.8) is 0 Å². The van der Waals surface area contributed by atoms with Gasteiger partial charge in [-0.2, -0.15) is 0 Å². The second kappa shape index (κ2) is 11.9. The molecule has 2 aromatic rings. The Bertz CT molecular complexity index is 648. The van der Waals surface area contributed by atoms with Gasteiger partial charge in [0.25, 0.3) is 0 Å². The third kappa shape index (κ3) is 6.40. The normalized spacial score (nSPS) is 12.7. The number of ketones is 1. The highest BCUT2D eigenvalue weighted by Crippen LogP contribution is 2.15. The maximum Gasteiger partial charge on any atom is 0.407 e. The number of rotatable bonds is 13. The highest BCUT2D eigenvalue weighted by atomic mass is 28.4. The molecule has 152 valence electrons. The van der Waals surface area contributed by atoms with Crippen LogP contribution in [0.3, 0.4) is 0 Å². The van der Waals surface area contributed by atoms with E-state index in [1.54, 1.807) is 6.92 Å². The summed E-state index contributed by atoms with van der Waals surface area (Å²) in [5.74, 6) is 0.0203. The monoisotopic (exact) mass is 398 g/mol. The minimum absolute atomic E-state index is 0.0203. The number of carbonyl (C=O) groups excluding carboxylic acids is 1. The van der Waals surface area contributed by atoms with Gasteiger partial charge >= 0.3 is 8.56 Å². The van der Waals surface area contributed by atoms with E-state index in [4.69, 9.17) is 8.85 Å². The molecule has 2 rings (SSSR count). The van der Waals surface area contributed by atoms with Crippen LogP contribution < -0.4 is 10.4 Å². The maximum atomic E-state index is 12.0. The van der Waals surface area contributed by atoms with Gasteiger partial charge in [0.1, 0.15) is 6.10 Å². The van der Waals surface area contributed by atoms with Crippen molar-refractivity contribution in [2.24, 2.45) is 0 Å². The summed E-state index contributed by atoms with van der Waals surface area (Å²) in [6.45, 7) is 6.28. The first-order valence-electron chi connectivity index (χ1n) is 10.5. The zero-order valence-corrected chi connectivity index (χ0v) is 18.5. The molecule has 0 bridgehead atoms. The summed E-state index contributed by atoms with van der Waals surface area (Å²) in [6.07, 6.45) is 6.75. The van der Waals surface area contributed by atoms with E-state index in [9.17, 15) is 4.79 Å². The smallest absolute Gasteiger partial charge is 0.388 e. The Labute approximate surface area is 171 Å². The van der Waals surface area contributed by atoms with Gasteiger partial charge in [-0.25, -0.2) is 0 Å². The molecule has 0 amide bonds. The molecule has 1 atom stereocenters. The number of hydrogen-bond donors (Lipinski definition) is 0. The maximum absolute atomic E-state index is 12.0. The Hall–Kier alpha value is -1.75. The molecule has 0 aliphatic heterocycles. The first-order valence-corrected chi connectivity index (χ1v) is 12.3. The Morgan fingerprint density at radius 3 is 1.86 bits per heavy atom. The zero-order chi connectivity index (χ0) is 20.2. The van der Waals surface area contributed by atoms with Gasteiger partial charge in [0.15, 0.2) is 5.78 Å². The first kappa shape index (κ1) is 22.5. The molecule has 2 aromatic carbocycles. The van der Waals surface area contributed by atoms with Crippen molar-refractivity contribution in [3.05, 3.63) is 60.7 Å². The number of Topliss-reactive ketones (excluding diaryl/α,β-unsaturated/α-hetero) is 1. The van der Waals surface area contributed by atoms with E-state index in [0.29, 0.717) is 6.61 Å². The lowest BCUT2D eigenvalue weighted by Crippen LogP contribution is -2.65. The van der Waals surface area contributed by atoms with E-state index < -0.39 is 14.7 Å². The van der Waals surface area contributed by atoms with Crippen LogP contribution in [0.2, 0.25) is 0 Å². The van der Waals surface area contributed by atoms with Gasteiger partial charge in [0.2, 0.25) is 0 Å². The summed E-state index contributed by atoms with van der Waals surface area (Å²) in [4.78, 5) is 12.0. The van der Waals surface area contributed by atoms with Gasteiger partial charge < -0.3 is 8.85 Å². The molecule has 0 saturated heterocycles. The van der Waals surface area contributed by atoms with Gasteiger partial charge in [-0.1, -0.05) is 99.7 Å². The molecule has 0 fully saturated rings. The third-order valence-electron chi connectivity index (χ3n) is 5.03. The zero-order valence-electron chi connectivity index (χ0n) is 17.5. The van der Waals surface area contributed by atoms with Gasteiger partial charge in [-0.05, 0) is 30.6 Å². The summed E-state index contributed by atoms with van der Waals surface area (Å²) in [7, 11) is -2.97. The van der Waals surface area contributed by atoms with Crippen LogP contribution in [-0.4, -0.2) is 27.1 Å². The van der Waals surface area contributed by atoms with E-state index in [1.807, 2.05) is 43.3 Å². The topological polar surface area (TPSA) is 35.5 Å². The van der Waals surface area contributed by atoms with Crippen LogP contribution in [0.4, 0.5) is 0 Å². The van der Waals surface area contributed by atoms with E-state index in [0.717, 1.165) is 23.2 Å². The molecule has 3 nitrogen and oxygen atoms in total. The molecule has 0 N–H and O–H groups in total. The standard InChI is InChI=1S/C24H34O3Si/c1-4-5-6-7-8-15-20-26-28(27-22(3)21(2)25,23-16-11-9-12-17-23)24-18-13-10-14-19-24/h9-14,16-19,22H,4-8,15,20H2,1-3H3. The first-order chi connectivity index (χ1) is 13.6. The summed E-state index contributed by atoms with van der Waals surface area (Å²) in [5.41, 5.74) is 0. The van der Waals surface area contributed by atoms with Crippen LogP contribution in [0.1, 0.15) is 59.3 Å². The number of carbonyl (C=O) groups is 1. The molecular weight excluding hydrogens is 364 g/mol. The molecule has 0 aliphatic carbocycles. The van der Waals surface area contributed by atoms with Gasteiger partial charge in [0.05, 0.1) is 0 Å². The average Bonchev–Trinajstić information content (AvgIpc) is 2.73. The molecule has 0 saturated carbocycles. The summed E-state index contributed by atoms with van der Waals surface area (Å²) in [5, 5.41) is 2.08. The van der Waals surface area contributed by atoms with Crippen LogP contribution in [0.5, 0.6) is 0 Å². The SMILES string of the molecule is CCCCCCCCO[Si](OC(C)C(C)=O)(c1ccccc1)c1ccccc1. The molecule has 1 unspecified atom stereocenters. The lowest BCUT2D eigenvalue weighted by atomic mass is 10.1. The fourth-order valence-electron chi connectivity index (χ4n) is 3.25. The molecule has 0 aliphatic rings. The highest BCUT2D eigenvalue weighted by molar-refractivity contribution is 6.92. The Balaban J connectivity index is 2.25. The Morgan fingerprint density at radius 2 is 1.36 bits per heavy atom. The minimum atomic E-state index is -2.97. The van der Waals surface area contributed by atoms with Gasteiger partial charge in [-0.15, -0.1) is 0 Å². The van der Waals surface area contributed by atoms with Crippen molar-refractivity contribution in [2.75, 3.05) is 6.61 Å². The van der Waals surface area contributed by atoms with Crippen molar-refractivity contribution >= 4 is 24.7 Å². The molecule has 4 heteroatoms. The quantitative estimate of drug-likeness (QED) is 0.365. The van der Waals surface area contributed by atoms with Crippen LogP contribution >= 0.6 is 0 Å². The minimum Gasteiger partial charge on any atom is -0.388 e. The van der Waals surface area contributed by atoms with Crippen LogP contribution in [0.25, 0.3) is 0 Å². The number of benzene rings is 2. The van der Waals surface area contributed by atoms with Crippen molar-refractivity contribution in [3.8, 4) is 0 Å². The highest BCUT2D eigenvalue weighted by Gasteiger charge is 2.44. The molecule has 0 spiro atoms. The fraction of sp³-hybridized carbons (Fsp3) is 0.458. The summed E-state index contributed by atoms with van der Waals surface area (Å²) in [6, 6.07) is 20.3. The third-order valence-corrected chi connectivity index (χ3v) is 8.51. The van der Waals surface area contributed by atoms with Crippen LogP contribution in [0, 0.1) is 0 Å². The fourth-order valence-corrected chi connectivity index (χ4v) is 6.61. The number of unbranched alkanes of at least 4 members (excludes halogenated alkanes) is 5. The van der Waals surface area contributed by atoms with Gasteiger partial charge in [-0.3, -0.25) is 4.79 Å². The molecule has 0 radical (unpaired) electrons. The predicted octanol–water partition coefficient (Wildman–Crippen LogP) is 4.61. The molecule has 0 aromatic heterocycles. The molecular formula is C24H34O3Si. The average molecular weight is 399 g/mol. The van der Waals surface area contributed by atoms with E-state index in [-0.39, 0.29) is 5.78 Å². The Morgan fingerprint density at radius 1 is 0.857 bits per heavy atom. The largest absolute Gasteiger partial charge is 0.407 e. The summed E-state index contributed by atoms with van der Waals surface area (Å²) < 4.78 is 13.1. The van der Waals surface area contributed by atoms with Crippen molar-refractivity contribution in [1.29, 1.82) is 0 Å².